The van der Waals surface area contributed by atoms with Crippen LogP contribution in [0.4, 0.5) is 5.00 Å². The van der Waals surface area contributed by atoms with E-state index in [-0.39, 0.29) is 18.0 Å². The van der Waals surface area contributed by atoms with E-state index in [4.69, 9.17) is 14.5 Å². The molecule has 5 rings (SSSR count). The Balaban J connectivity index is 1.54. The summed E-state index contributed by atoms with van der Waals surface area (Å²) >= 11 is 1.49. The average Bonchev–Trinajstić information content (AvgIpc) is 3.25. The quantitative estimate of drug-likeness (QED) is 0.255. The fraction of sp³-hybridized carbons (Fsp3) is 0.323. The van der Waals surface area contributed by atoms with Crippen molar-refractivity contribution in [1.82, 2.24) is 4.98 Å². The molecule has 0 saturated carbocycles. The zero-order valence-electron chi connectivity index (χ0n) is 22.2. The van der Waals surface area contributed by atoms with Crippen molar-refractivity contribution >= 4 is 39.1 Å². The summed E-state index contributed by atoms with van der Waals surface area (Å²) in [5, 5.41) is 4.39. The van der Waals surface area contributed by atoms with Gasteiger partial charge in [-0.3, -0.25) is 4.79 Å². The summed E-state index contributed by atoms with van der Waals surface area (Å²) in [5.74, 6) is 0.671. The number of hydrogen-bond donors (Lipinski definition) is 1. The summed E-state index contributed by atoms with van der Waals surface area (Å²) in [6.45, 7) is 8.43. The molecule has 1 aliphatic rings. The predicted octanol–water partition coefficient (Wildman–Crippen LogP) is 7.30. The summed E-state index contributed by atoms with van der Waals surface area (Å²) in [6.07, 6.45) is 2.48. The van der Waals surface area contributed by atoms with E-state index < -0.39 is 0 Å². The third kappa shape index (κ3) is 5.29. The van der Waals surface area contributed by atoms with Crippen molar-refractivity contribution in [2.45, 2.75) is 53.1 Å². The maximum atomic E-state index is 13.8. The summed E-state index contributed by atoms with van der Waals surface area (Å²) in [4.78, 5) is 32.9. The fourth-order valence-corrected chi connectivity index (χ4v) is 6.29. The first kappa shape index (κ1) is 25.9. The van der Waals surface area contributed by atoms with Crippen molar-refractivity contribution in [2.75, 3.05) is 11.9 Å². The number of aromatic nitrogens is 1. The van der Waals surface area contributed by atoms with Gasteiger partial charge in [0.25, 0.3) is 5.91 Å². The average molecular weight is 529 g/mol. The van der Waals surface area contributed by atoms with Gasteiger partial charge in [-0.15, -0.1) is 11.3 Å². The molecule has 0 radical (unpaired) electrons. The van der Waals surface area contributed by atoms with E-state index >= 15 is 0 Å². The second kappa shape index (κ2) is 11.0. The Morgan fingerprint density at radius 1 is 1.13 bits per heavy atom. The highest BCUT2D eigenvalue weighted by Gasteiger charge is 2.30. The molecule has 0 aliphatic heterocycles. The van der Waals surface area contributed by atoms with Crippen LogP contribution in [0, 0.1) is 5.92 Å². The van der Waals surface area contributed by atoms with E-state index in [1.165, 1.54) is 11.3 Å². The number of pyridine rings is 1. The molecule has 1 N–H and O–H groups in total. The van der Waals surface area contributed by atoms with E-state index in [2.05, 4.69) is 12.2 Å². The number of anilines is 1. The molecule has 2 heterocycles. The molecule has 0 saturated heterocycles. The van der Waals surface area contributed by atoms with E-state index in [1.54, 1.807) is 0 Å². The topological polar surface area (TPSA) is 77.5 Å². The maximum Gasteiger partial charge on any atom is 0.341 e. The predicted molar refractivity (Wildman–Crippen MR) is 152 cm³/mol. The van der Waals surface area contributed by atoms with Crippen molar-refractivity contribution in [3.63, 3.8) is 0 Å². The van der Waals surface area contributed by atoms with Gasteiger partial charge < -0.3 is 14.8 Å². The molecule has 0 fully saturated rings. The van der Waals surface area contributed by atoms with Gasteiger partial charge in [0.2, 0.25) is 0 Å². The smallest absolute Gasteiger partial charge is 0.341 e. The van der Waals surface area contributed by atoms with Crippen molar-refractivity contribution in [2.24, 2.45) is 5.92 Å². The normalized spacial score (nSPS) is 14.8. The number of amides is 1. The monoisotopic (exact) mass is 528 g/mol. The molecular weight excluding hydrogens is 496 g/mol. The van der Waals surface area contributed by atoms with Crippen LogP contribution < -0.4 is 10.1 Å². The van der Waals surface area contributed by atoms with Crippen LogP contribution in [0.15, 0.2) is 54.6 Å². The Kier molecular flexibility index (Phi) is 7.47. The minimum absolute atomic E-state index is 0.245. The van der Waals surface area contributed by atoms with Gasteiger partial charge in [-0.1, -0.05) is 25.1 Å². The number of thiophene rings is 1. The number of fused-ring (bicyclic) bond motifs is 2. The molecular formula is C31H32N2O4S. The molecule has 0 bridgehead atoms. The summed E-state index contributed by atoms with van der Waals surface area (Å²) < 4.78 is 11.2. The number of carbonyl (C=O) groups is 2. The van der Waals surface area contributed by atoms with Crippen LogP contribution in [0.25, 0.3) is 22.2 Å². The van der Waals surface area contributed by atoms with Gasteiger partial charge in [-0.05, 0) is 87.9 Å². The number of benzene rings is 2. The zero-order valence-corrected chi connectivity index (χ0v) is 23.0. The number of rotatable bonds is 7. The van der Waals surface area contributed by atoms with Gasteiger partial charge in [0.1, 0.15) is 10.8 Å². The highest BCUT2D eigenvalue weighted by atomic mass is 32.1. The molecule has 1 amide bonds. The lowest BCUT2D eigenvalue weighted by Crippen LogP contribution is -2.19. The van der Waals surface area contributed by atoms with Gasteiger partial charge >= 0.3 is 5.97 Å². The van der Waals surface area contributed by atoms with E-state index in [0.29, 0.717) is 34.3 Å². The van der Waals surface area contributed by atoms with Crippen molar-refractivity contribution in [3.8, 4) is 17.0 Å². The minimum atomic E-state index is -0.378. The summed E-state index contributed by atoms with van der Waals surface area (Å²) in [6, 6.07) is 17.1. The number of hydrogen-bond acceptors (Lipinski definition) is 6. The van der Waals surface area contributed by atoms with Crippen LogP contribution in [0.5, 0.6) is 5.75 Å². The van der Waals surface area contributed by atoms with Crippen LogP contribution in [0.3, 0.4) is 0 Å². The Bertz CT molecular complexity index is 1490. The molecule has 2 aromatic carbocycles. The van der Waals surface area contributed by atoms with E-state index in [1.807, 2.05) is 75.4 Å². The third-order valence-electron chi connectivity index (χ3n) is 6.71. The Labute approximate surface area is 227 Å². The molecule has 0 spiro atoms. The largest absolute Gasteiger partial charge is 0.494 e. The van der Waals surface area contributed by atoms with Gasteiger partial charge in [0.15, 0.2) is 0 Å². The van der Waals surface area contributed by atoms with Gasteiger partial charge in [-0.2, -0.15) is 0 Å². The highest BCUT2D eigenvalue weighted by molar-refractivity contribution is 7.17. The third-order valence-corrected chi connectivity index (χ3v) is 7.88. The lowest BCUT2D eigenvalue weighted by molar-refractivity contribution is 0.0378. The molecule has 1 atom stereocenters. The van der Waals surface area contributed by atoms with E-state index in [9.17, 15) is 9.59 Å². The SMILES string of the molecule is CCOc1ccc(-c2cc(C(=O)Nc3sc4c(c3C(=O)OC(C)C)CC[C@@H](C)C4)c3ccccc3n2)cc1. The van der Waals surface area contributed by atoms with Crippen molar-refractivity contribution < 1.29 is 19.1 Å². The number of nitrogens with one attached hydrogen (secondary N) is 1. The minimum Gasteiger partial charge on any atom is -0.494 e. The first-order chi connectivity index (χ1) is 18.3. The molecule has 4 aromatic rings. The second-order valence-corrected chi connectivity index (χ2v) is 11.1. The lowest BCUT2D eigenvalue weighted by atomic mass is 9.88. The highest BCUT2D eigenvalue weighted by Crippen LogP contribution is 2.40. The van der Waals surface area contributed by atoms with Crippen molar-refractivity contribution in [1.29, 1.82) is 0 Å². The van der Waals surface area contributed by atoms with Crippen LogP contribution in [0.1, 0.15) is 65.3 Å². The molecule has 1 aliphatic carbocycles. The molecule has 2 aromatic heterocycles. The number of nitrogens with zero attached hydrogens (tertiary/aromatic N) is 1. The maximum absolute atomic E-state index is 13.8. The Hall–Kier alpha value is -3.71. The standard InChI is InChI=1S/C31H32N2O4S/c1-5-36-21-13-11-20(12-14-21)26-17-24(22-8-6-7-9-25(22)32-26)29(34)33-30-28(31(35)37-18(2)3)23-15-10-19(4)16-27(23)38-30/h6-9,11-14,17-19H,5,10,15-16H2,1-4H3,(H,33,34)/t19-/m1/s1. The van der Waals surface area contributed by atoms with Crippen LogP contribution in [-0.2, 0) is 17.6 Å². The Morgan fingerprint density at radius 2 is 1.89 bits per heavy atom. The number of ether oxygens (including phenoxy) is 2. The van der Waals surface area contributed by atoms with Crippen LogP contribution >= 0.6 is 11.3 Å². The number of carbonyl (C=O) groups excluding carboxylic acids is 2. The fourth-order valence-electron chi connectivity index (χ4n) is 4.90. The number of para-hydroxylation sites is 1. The Morgan fingerprint density at radius 3 is 2.63 bits per heavy atom. The molecule has 196 valence electrons. The van der Waals surface area contributed by atoms with Crippen molar-refractivity contribution in [3.05, 3.63) is 76.2 Å². The molecule has 38 heavy (non-hydrogen) atoms. The zero-order chi connectivity index (χ0) is 26.8. The molecule has 7 heteroatoms. The summed E-state index contributed by atoms with van der Waals surface area (Å²) in [7, 11) is 0. The first-order valence-electron chi connectivity index (χ1n) is 13.1. The molecule has 0 unspecified atom stereocenters. The van der Waals surface area contributed by atoms with Crippen LogP contribution in [-0.4, -0.2) is 29.6 Å². The van der Waals surface area contributed by atoms with Gasteiger partial charge in [0.05, 0.1) is 35.0 Å². The van der Waals surface area contributed by atoms with Gasteiger partial charge in [0, 0.05) is 15.8 Å². The first-order valence-corrected chi connectivity index (χ1v) is 14.0. The second-order valence-electron chi connectivity index (χ2n) is 9.99. The number of esters is 1. The molecule has 6 nitrogen and oxygen atoms in total. The lowest BCUT2D eigenvalue weighted by Gasteiger charge is -2.19. The van der Waals surface area contributed by atoms with Gasteiger partial charge in [-0.25, -0.2) is 9.78 Å². The van der Waals surface area contributed by atoms with E-state index in [0.717, 1.165) is 51.9 Å². The van der Waals surface area contributed by atoms with Crippen LogP contribution in [0.2, 0.25) is 0 Å². The summed E-state index contributed by atoms with van der Waals surface area (Å²) in [5.41, 5.74) is 4.32.